The van der Waals surface area contributed by atoms with E-state index >= 15 is 0 Å². The normalized spacial score (nSPS) is 10.4. The molecule has 0 atom stereocenters. The zero-order chi connectivity index (χ0) is 16.7. The van der Waals surface area contributed by atoms with Gasteiger partial charge < -0.3 is 10.1 Å². The average Bonchev–Trinajstić information content (AvgIpc) is 2.54. The Hall–Kier alpha value is -1.36. The highest BCUT2D eigenvalue weighted by Crippen LogP contribution is 2.21. The van der Waals surface area contributed by atoms with Gasteiger partial charge in [0.15, 0.2) is 6.61 Å². The summed E-state index contributed by atoms with van der Waals surface area (Å²) in [6, 6.07) is 12.9. The third kappa shape index (κ3) is 6.34. The maximum Gasteiger partial charge on any atom is 0.257 e. The predicted molar refractivity (Wildman–Crippen MR) is 96.9 cm³/mol. The molecule has 2 aromatic carbocycles. The summed E-state index contributed by atoms with van der Waals surface area (Å²) in [6.45, 7) is 2.46. The van der Waals surface area contributed by atoms with E-state index in [-0.39, 0.29) is 12.5 Å². The van der Waals surface area contributed by atoms with Crippen LogP contribution in [-0.4, -0.2) is 24.8 Å². The number of thioether (sulfide) groups is 1. The lowest BCUT2D eigenvalue weighted by Crippen LogP contribution is -2.30. The molecule has 0 aromatic heterocycles. The second-order valence-corrected chi connectivity index (χ2v) is 6.86. The molecule has 0 unspecified atom stereocenters. The lowest BCUT2D eigenvalue weighted by Gasteiger charge is -2.08. The van der Waals surface area contributed by atoms with E-state index in [1.165, 1.54) is 0 Å². The number of hydrogen-bond acceptors (Lipinski definition) is 3. The number of nitrogens with one attached hydrogen (secondary N) is 1. The smallest absolute Gasteiger partial charge is 0.257 e. The van der Waals surface area contributed by atoms with Gasteiger partial charge in [0.2, 0.25) is 0 Å². The lowest BCUT2D eigenvalue weighted by molar-refractivity contribution is -0.122. The first kappa shape index (κ1) is 18.0. The molecule has 0 saturated heterocycles. The Morgan fingerprint density at radius 1 is 1.17 bits per heavy atom. The number of carbonyl (C=O) groups is 1. The van der Waals surface area contributed by atoms with Gasteiger partial charge in [0.05, 0.1) is 0 Å². The number of aryl methyl sites for hydroxylation is 1. The number of amides is 1. The predicted octanol–water partition coefficient (Wildman–Crippen LogP) is 4.59. The average molecular weight is 370 g/mol. The summed E-state index contributed by atoms with van der Waals surface area (Å²) in [6.07, 6.45) is 0. The van der Waals surface area contributed by atoms with Crippen LogP contribution in [-0.2, 0) is 4.79 Å². The molecule has 0 fully saturated rings. The Kier molecular flexibility index (Phi) is 7.09. The molecule has 0 aliphatic heterocycles. The van der Waals surface area contributed by atoms with E-state index in [9.17, 15) is 4.79 Å². The molecular formula is C17H17Cl2NO2S. The first-order chi connectivity index (χ1) is 11.0. The Morgan fingerprint density at radius 3 is 2.61 bits per heavy atom. The fourth-order valence-corrected chi connectivity index (χ4v) is 2.81. The second kappa shape index (κ2) is 9.06. The van der Waals surface area contributed by atoms with Crippen molar-refractivity contribution in [2.45, 2.75) is 11.8 Å². The summed E-state index contributed by atoms with van der Waals surface area (Å²) in [5, 5.41) is 4.22. The van der Waals surface area contributed by atoms with Gasteiger partial charge in [-0.25, -0.2) is 0 Å². The van der Waals surface area contributed by atoms with E-state index in [2.05, 4.69) is 5.32 Å². The third-order valence-corrected chi connectivity index (χ3v) is 4.70. The van der Waals surface area contributed by atoms with Crippen molar-refractivity contribution in [2.24, 2.45) is 0 Å². The molecule has 0 aliphatic carbocycles. The first-order valence-corrected chi connectivity index (χ1v) is 8.83. The minimum atomic E-state index is -0.144. The van der Waals surface area contributed by atoms with Crippen LogP contribution < -0.4 is 10.1 Å². The van der Waals surface area contributed by atoms with Crippen LogP contribution in [0.25, 0.3) is 0 Å². The summed E-state index contributed by atoms with van der Waals surface area (Å²) in [5.41, 5.74) is 0.920. The molecule has 1 amide bonds. The van der Waals surface area contributed by atoms with Gasteiger partial charge in [0, 0.05) is 27.2 Å². The number of ether oxygens (including phenoxy) is 1. The monoisotopic (exact) mass is 369 g/mol. The molecule has 0 bridgehead atoms. The molecule has 1 N–H and O–H groups in total. The largest absolute Gasteiger partial charge is 0.484 e. The van der Waals surface area contributed by atoms with E-state index in [1.54, 1.807) is 23.9 Å². The summed E-state index contributed by atoms with van der Waals surface area (Å²) < 4.78 is 5.44. The number of rotatable bonds is 7. The standard InChI is InChI=1S/C17H17Cl2NO2S/c1-12-10-14(4-7-16(12)19)22-11-17(21)20-8-9-23-15-5-2-13(18)3-6-15/h2-7,10H,8-9,11H2,1H3,(H,20,21). The van der Waals surface area contributed by atoms with Gasteiger partial charge in [-0.2, -0.15) is 0 Å². The fraction of sp³-hybridized carbons (Fsp3) is 0.235. The van der Waals surface area contributed by atoms with Gasteiger partial charge in [-0.15, -0.1) is 11.8 Å². The minimum absolute atomic E-state index is 0.00726. The van der Waals surface area contributed by atoms with Gasteiger partial charge in [-0.05, 0) is 55.0 Å². The minimum Gasteiger partial charge on any atom is -0.484 e. The Bertz CT molecular complexity index is 662. The SMILES string of the molecule is Cc1cc(OCC(=O)NCCSc2ccc(Cl)cc2)ccc1Cl. The number of carbonyl (C=O) groups excluding carboxylic acids is 1. The van der Waals surface area contributed by atoms with Crippen molar-refractivity contribution in [3.8, 4) is 5.75 Å². The van der Waals surface area contributed by atoms with Crippen molar-refractivity contribution in [1.29, 1.82) is 0 Å². The van der Waals surface area contributed by atoms with E-state index < -0.39 is 0 Å². The van der Waals surface area contributed by atoms with Crippen LogP contribution in [0.1, 0.15) is 5.56 Å². The molecule has 122 valence electrons. The zero-order valence-electron chi connectivity index (χ0n) is 12.6. The van der Waals surface area contributed by atoms with Gasteiger partial charge in [-0.3, -0.25) is 4.79 Å². The van der Waals surface area contributed by atoms with Crippen molar-refractivity contribution in [1.82, 2.24) is 5.32 Å². The zero-order valence-corrected chi connectivity index (χ0v) is 15.0. The first-order valence-electron chi connectivity index (χ1n) is 7.08. The molecule has 23 heavy (non-hydrogen) atoms. The van der Waals surface area contributed by atoms with Crippen molar-refractivity contribution in [2.75, 3.05) is 18.9 Å². The van der Waals surface area contributed by atoms with Gasteiger partial charge in [-0.1, -0.05) is 23.2 Å². The van der Waals surface area contributed by atoms with Crippen molar-refractivity contribution in [3.63, 3.8) is 0 Å². The van der Waals surface area contributed by atoms with Crippen LogP contribution in [0.2, 0.25) is 10.0 Å². The number of halogens is 2. The summed E-state index contributed by atoms with van der Waals surface area (Å²) in [5.74, 6) is 1.28. The van der Waals surface area contributed by atoms with Crippen molar-refractivity contribution < 1.29 is 9.53 Å². The molecule has 3 nitrogen and oxygen atoms in total. The highest BCUT2D eigenvalue weighted by molar-refractivity contribution is 7.99. The van der Waals surface area contributed by atoms with Gasteiger partial charge >= 0.3 is 0 Å². The van der Waals surface area contributed by atoms with Gasteiger partial charge in [0.25, 0.3) is 5.91 Å². The highest BCUT2D eigenvalue weighted by atomic mass is 35.5. The third-order valence-electron chi connectivity index (χ3n) is 3.01. The summed E-state index contributed by atoms with van der Waals surface area (Å²) in [7, 11) is 0. The van der Waals surface area contributed by atoms with Crippen LogP contribution in [0, 0.1) is 6.92 Å². The highest BCUT2D eigenvalue weighted by Gasteiger charge is 2.04. The molecule has 0 saturated carbocycles. The maximum absolute atomic E-state index is 11.7. The molecule has 0 spiro atoms. The van der Waals surface area contributed by atoms with Gasteiger partial charge in [0.1, 0.15) is 5.75 Å². The van der Waals surface area contributed by atoms with Crippen LogP contribution in [0.4, 0.5) is 0 Å². The van der Waals surface area contributed by atoms with Crippen LogP contribution in [0.5, 0.6) is 5.75 Å². The number of hydrogen-bond donors (Lipinski definition) is 1. The lowest BCUT2D eigenvalue weighted by atomic mass is 10.2. The summed E-state index contributed by atoms with van der Waals surface area (Å²) >= 11 is 13.4. The van der Waals surface area contributed by atoms with Crippen molar-refractivity contribution in [3.05, 3.63) is 58.1 Å². The Balaban J connectivity index is 1.65. The summed E-state index contributed by atoms with van der Waals surface area (Å²) in [4.78, 5) is 12.9. The molecule has 0 radical (unpaired) electrons. The number of benzene rings is 2. The molecular weight excluding hydrogens is 353 g/mol. The van der Waals surface area contributed by atoms with Crippen LogP contribution in [0.3, 0.4) is 0 Å². The quantitative estimate of drug-likeness (QED) is 0.572. The van der Waals surface area contributed by atoms with E-state index in [0.29, 0.717) is 17.3 Å². The molecule has 2 rings (SSSR count). The molecule has 0 heterocycles. The Morgan fingerprint density at radius 2 is 1.91 bits per heavy atom. The van der Waals surface area contributed by atoms with Crippen LogP contribution >= 0.6 is 35.0 Å². The van der Waals surface area contributed by atoms with E-state index in [4.69, 9.17) is 27.9 Å². The molecule has 0 aliphatic rings. The van der Waals surface area contributed by atoms with E-state index in [0.717, 1.165) is 21.2 Å². The van der Waals surface area contributed by atoms with E-state index in [1.807, 2.05) is 37.3 Å². The molecule has 2 aromatic rings. The van der Waals surface area contributed by atoms with Crippen molar-refractivity contribution >= 4 is 40.9 Å². The maximum atomic E-state index is 11.7. The van der Waals surface area contributed by atoms with Crippen LogP contribution in [0.15, 0.2) is 47.4 Å². The fourth-order valence-electron chi connectivity index (χ4n) is 1.80. The second-order valence-electron chi connectivity index (χ2n) is 4.85. The topological polar surface area (TPSA) is 38.3 Å². The Labute approximate surface area is 150 Å². The molecule has 6 heteroatoms.